The topological polar surface area (TPSA) is 64.5 Å². The molecular weight excluding hydrogens is 376 g/mol. The fraction of sp³-hybridized carbons (Fsp3) is 0.200. The molecule has 0 fully saturated rings. The highest BCUT2D eigenvalue weighted by atomic mass is 16.5. The van der Waals surface area contributed by atoms with E-state index in [0.717, 1.165) is 27.9 Å². The van der Waals surface area contributed by atoms with Crippen molar-refractivity contribution in [2.24, 2.45) is 5.92 Å². The van der Waals surface area contributed by atoms with Crippen LogP contribution < -0.4 is 9.47 Å². The van der Waals surface area contributed by atoms with Crippen molar-refractivity contribution >= 4 is 10.9 Å². The molecule has 0 unspecified atom stereocenters. The van der Waals surface area contributed by atoms with E-state index in [0.29, 0.717) is 31.1 Å². The molecule has 5 heteroatoms. The molecular formula is C25H22N2O3. The van der Waals surface area contributed by atoms with Crippen LogP contribution in [0.25, 0.3) is 10.9 Å². The number of aromatic nitrogens is 2. The van der Waals surface area contributed by atoms with Gasteiger partial charge in [0.2, 0.25) is 0 Å². The molecule has 0 amide bonds. The number of pyridine rings is 2. The lowest BCUT2D eigenvalue weighted by atomic mass is 9.89. The molecule has 0 spiro atoms. The smallest absolute Gasteiger partial charge is 0.130 e. The number of aliphatic hydroxyl groups excluding tert-OH is 1. The fourth-order valence-corrected chi connectivity index (χ4v) is 3.82. The summed E-state index contributed by atoms with van der Waals surface area (Å²) in [6.45, 7) is 0.823. The lowest BCUT2D eigenvalue weighted by Gasteiger charge is -2.30. The Hall–Kier alpha value is -3.44. The van der Waals surface area contributed by atoms with Crippen LogP contribution in [0.15, 0.2) is 79.0 Å². The van der Waals surface area contributed by atoms with Crippen molar-refractivity contribution in [2.75, 3.05) is 6.61 Å². The predicted octanol–water partition coefficient (Wildman–Crippen LogP) is 4.49. The molecule has 2 atom stereocenters. The molecule has 0 saturated heterocycles. The van der Waals surface area contributed by atoms with Gasteiger partial charge >= 0.3 is 0 Å². The molecule has 0 aliphatic carbocycles. The number of para-hydroxylation sites is 1. The second-order valence-electron chi connectivity index (χ2n) is 7.52. The summed E-state index contributed by atoms with van der Waals surface area (Å²) in [7, 11) is 0. The molecule has 2 aromatic carbocycles. The highest BCUT2D eigenvalue weighted by Gasteiger charge is 2.30. The van der Waals surface area contributed by atoms with Gasteiger partial charge in [-0.05, 0) is 48.9 Å². The zero-order chi connectivity index (χ0) is 20.3. The van der Waals surface area contributed by atoms with Gasteiger partial charge in [-0.2, -0.15) is 0 Å². The van der Waals surface area contributed by atoms with Crippen LogP contribution in [0.4, 0.5) is 0 Å². The number of rotatable bonds is 5. The average Bonchev–Trinajstić information content (AvgIpc) is 2.80. The van der Waals surface area contributed by atoms with Crippen LogP contribution in [0, 0.1) is 5.92 Å². The zero-order valence-electron chi connectivity index (χ0n) is 16.4. The minimum atomic E-state index is -0.627. The number of hydrogen-bond acceptors (Lipinski definition) is 5. The Balaban J connectivity index is 1.30. The molecule has 0 radical (unpaired) electrons. The monoisotopic (exact) mass is 398 g/mol. The van der Waals surface area contributed by atoms with Crippen molar-refractivity contribution in [1.82, 2.24) is 9.97 Å². The van der Waals surface area contributed by atoms with E-state index in [1.165, 1.54) is 0 Å². The third-order valence-corrected chi connectivity index (χ3v) is 5.44. The third kappa shape index (κ3) is 3.84. The fourth-order valence-electron chi connectivity index (χ4n) is 3.82. The van der Waals surface area contributed by atoms with Crippen LogP contribution in [-0.2, 0) is 13.0 Å². The van der Waals surface area contributed by atoms with E-state index < -0.39 is 6.10 Å². The van der Waals surface area contributed by atoms with Gasteiger partial charge < -0.3 is 14.6 Å². The lowest BCUT2D eigenvalue weighted by Crippen LogP contribution is -2.28. The Morgan fingerprint density at radius 3 is 2.77 bits per heavy atom. The Kier molecular flexibility index (Phi) is 5.03. The Bertz CT molecular complexity index is 1160. The standard InChI is InChI=1S/C25H22N2O3/c28-25-18(13-19-6-3-4-12-26-19)15-30-24-11-10-21(14-22(24)25)29-16-20-9-8-17-5-1-2-7-23(17)27-20/h1-12,14,18,25,28H,13,15-16H2/t18-,25-/m0/s1. The molecule has 5 rings (SSSR count). The van der Waals surface area contributed by atoms with Gasteiger partial charge in [0.15, 0.2) is 0 Å². The minimum absolute atomic E-state index is 0.0511. The molecule has 150 valence electrons. The first kappa shape index (κ1) is 18.6. The van der Waals surface area contributed by atoms with E-state index in [2.05, 4.69) is 9.97 Å². The number of ether oxygens (including phenoxy) is 2. The van der Waals surface area contributed by atoms with Crippen LogP contribution in [0.3, 0.4) is 0 Å². The van der Waals surface area contributed by atoms with Crippen LogP contribution in [-0.4, -0.2) is 21.7 Å². The summed E-state index contributed by atoms with van der Waals surface area (Å²) in [6, 6.07) is 23.4. The third-order valence-electron chi connectivity index (χ3n) is 5.44. The number of nitrogens with zero attached hydrogens (tertiary/aromatic N) is 2. The summed E-state index contributed by atoms with van der Waals surface area (Å²) in [5.41, 5.74) is 3.51. The van der Waals surface area contributed by atoms with Crippen LogP contribution in [0.5, 0.6) is 11.5 Å². The van der Waals surface area contributed by atoms with Crippen molar-refractivity contribution in [3.05, 3.63) is 95.9 Å². The zero-order valence-corrected chi connectivity index (χ0v) is 16.4. The van der Waals surface area contributed by atoms with Gasteiger partial charge in [0.05, 0.1) is 23.9 Å². The van der Waals surface area contributed by atoms with Crippen molar-refractivity contribution in [2.45, 2.75) is 19.1 Å². The maximum atomic E-state index is 10.9. The molecule has 1 aliphatic rings. The molecule has 0 bridgehead atoms. The number of benzene rings is 2. The summed E-state index contributed by atoms with van der Waals surface area (Å²) in [5, 5.41) is 12.0. The molecule has 1 aliphatic heterocycles. The van der Waals surface area contributed by atoms with Gasteiger partial charge in [0.25, 0.3) is 0 Å². The summed E-state index contributed by atoms with van der Waals surface area (Å²) < 4.78 is 11.9. The van der Waals surface area contributed by atoms with Crippen molar-refractivity contribution < 1.29 is 14.6 Å². The molecule has 3 heterocycles. The Morgan fingerprint density at radius 1 is 0.967 bits per heavy atom. The summed E-state index contributed by atoms with van der Waals surface area (Å²) in [5.74, 6) is 1.34. The highest BCUT2D eigenvalue weighted by molar-refractivity contribution is 5.78. The second kappa shape index (κ2) is 8.13. The van der Waals surface area contributed by atoms with E-state index in [9.17, 15) is 5.11 Å². The maximum absolute atomic E-state index is 10.9. The van der Waals surface area contributed by atoms with Gasteiger partial charge in [-0.15, -0.1) is 0 Å². The predicted molar refractivity (Wildman–Crippen MR) is 114 cm³/mol. The van der Waals surface area contributed by atoms with E-state index in [1.807, 2.05) is 72.8 Å². The maximum Gasteiger partial charge on any atom is 0.130 e. The van der Waals surface area contributed by atoms with Crippen molar-refractivity contribution in [3.63, 3.8) is 0 Å². The summed E-state index contributed by atoms with van der Waals surface area (Å²) in [4.78, 5) is 9.01. The SMILES string of the molecule is O[C@@H]1c2cc(OCc3ccc4ccccc4n3)ccc2OC[C@@H]1Cc1ccccn1. The van der Waals surface area contributed by atoms with Crippen LogP contribution in [0.2, 0.25) is 0 Å². The first-order valence-corrected chi connectivity index (χ1v) is 10.1. The van der Waals surface area contributed by atoms with Gasteiger partial charge in [-0.25, -0.2) is 4.98 Å². The molecule has 1 N–H and O–H groups in total. The van der Waals surface area contributed by atoms with Gasteiger partial charge in [-0.3, -0.25) is 4.98 Å². The van der Waals surface area contributed by atoms with E-state index in [-0.39, 0.29) is 5.92 Å². The number of fused-ring (bicyclic) bond motifs is 2. The first-order chi connectivity index (χ1) is 14.8. The first-order valence-electron chi connectivity index (χ1n) is 10.1. The van der Waals surface area contributed by atoms with Gasteiger partial charge in [0.1, 0.15) is 18.1 Å². The highest BCUT2D eigenvalue weighted by Crippen LogP contribution is 2.38. The number of hydrogen-bond donors (Lipinski definition) is 1. The quantitative estimate of drug-likeness (QED) is 0.536. The Morgan fingerprint density at radius 2 is 1.87 bits per heavy atom. The summed E-state index contributed by atoms with van der Waals surface area (Å²) >= 11 is 0. The molecule has 2 aromatic heterocycles. The molecule has 30 heavy (non-hydrogen) atoms. The average molecular weight is 398 g/mol. The molecule has 0 saturated carbocycles. The number of aliphatic hydroxyl groups is 1. The van der Waals surface area contributed by atoms with Crippen LogP contribution in [0.1, 0.15) is 23.1 Å². The molecule has 5 nitrogen and oxygen atoms in total. The minimum Gasteiger partial charge on any atom is -0.493 e. The largest absolute Gasteiger partial charge is 0.493 e. The van der Waals surface area contributed by atoms with E-state index >= 15 is 0 Å². The second-order valence-corrected chi connectivity index (χ2v) is 7.52. The summed E-state index contributed by atoms with van der Waals surface area (Å²) in [6.07, 6.45) is 1.80. The van der Waals surface area contributed by atoms with E-state index in [4.69, 9.17) is 9.47 Å². The van der Waals surface area contributed by atoms with Crippen molar-refractivity contribution in [3.8, 4) is 11.5 Å². The van der Waals surface area contributed by atoms with Crippen LogP contribution >= 0.6 is 0 Å². The van der Waals surface area contributed by atoms with E-state index in [1.54, 1.807) is 6.20 Å². The van der Waals surface area contributed by atoms with Gasteiger partial charge in [-0.1, -0.05) is 30.3 Å². The normalized spacial score (nSPS) is 17.9. The Labute approximate surface area is 175 Å². The molecule has 4 aromatic rings. The van der Waals surface area contributed by atoms with Crippen molar-refractivity contribution in [1.29, 1.82) is 0 Å². The van der Waals surface area contributed by atoms with Gasteiger partial charge in [0, 0.05) is 28.8 Å². The lowest BCUT2D eigenvalue weighted by molar-refractivity contribution is 0.0499.